The van der Waals surface area contributed by atoms with Gasteiger partial charge in [0.1, 0.15) is 0 Å². The van der Waals surface area contributed by atoms with E-state index in [0.717, 1.165) is 25.2 Å². The van der Waals surface area contributed by atoms with Crippen LogP contribution in [-0.4, -0.2) is 69.2 Å². The smallest absolute Gasteiger partial charge is 0.475 e. The number of sulfonamides is 1. The van der Waals surface area contributed by atoms with Crippen molar-refractivity contribution in [2.75, 3.05) is 32.5 Å². The second kappa shape index (κ2) is 8.59. The van der Waals surface area contributed by atoms with Crippen molar-refractivity contribution in [1.82, 2.24) is 9.62 Å². The molecule has 0 saturated carbocycles. The summed E-state index contributed by atoms with van der Waals surface area (Å²) >= 11 is 0. The largest absolute Gasteiger partial charge is 0.490 e. The van der Waals surface area contributed by atoms with Crippen LogP contribution in [0.1, 0.15) is 5.56 Å². The molecular formula is C15H21F3N2O6S. The number of rotatable bonds is 5. The van der Waals surface area contributed by atoms with Crippen LogP contribution in [0.5, 0.6) is 0 Å². The van der Waals surface area contributed by atoms with Gasteiger partial charge in [0.05, 0.1) is 31.5 Å². The van der Waals surface area contributed by atoms with E-state index in [1.807, 2.05) is 6.07 Å². The van der Waals surface area contributed by atoms with E-state index in [2.05, 4.69) is 9.62 Å². The third-order valence-electron chi connectivity index (χ3n) is 4.35. The van der Waals surface area contributed by atoms with E-state index >= 15 is 0 Å². The number of hydrogen-bond donors (Lipinski definition) is 2. The molecule has 0 bridgehead atoms. The Kier molecular flexibility index (Phi) is 6.89. The lowest BCUT2D eigenvalue weighted by Crippen LogP contribution is -2.33. The highest BCUT2D eigenvalue weighted by molar-refractivity contribution is 7.88. The maximum Gasteiger partial charge on any atom is 0.490 e. The molecule has 8 nitrogen and oxygen atoms in total. The summed E-state index contributed by atoms with van der Waals surface area (Å²) in [5, 5.41) is 7.12. The van der Waals surface area contributed by atoms with Gasteiger partial charge < -0.3 is 14.3 Å². The van der Waals surface area contributed by atoms with E-state index < -0.39 is 22.2 Å². The zero-order chi connectivity index (χ0) is 20.2. The van der Waals surface area contributed by atoms with Crippen LogP contribution >= 0.6 is 0 Å². The van der Waals surface area contributed by atoms with Crippen molar-refractivity contribution in [3.8, 4) is 0 Å². The Balaban J connectivity index is 0.000000321. The molecule has 12 heteroatoms. The van der Waals surface area contributed by atoms with Crippen molar-refractivity contribution in [1.29, 1.82) is 0 Å². The molecule has 0 spiro atoms. The van der Waals surface area contributed by atoms with Crippen LogP contribution in [0.3, 0.4) is 0 Å². The van der Waals surface area contributed by atoms with Gasteiger partial charge in [-0.15, -0.1) is 0 Å². The Hall–Kier alpha value is -1.63. The van der Waals surface area contributed by atoms with Gasteiger partial charge in [-0.1, -0.05) is 0 Å². The van der Waals surface area contributed by atoms with E-state index in [1.54, 1.807) is 12.5 Å². The lowest BCUT2D eigenvalue weighted by molar-refractivity contribution is -0.192. The van der Waals surface area contributed by atoms with Crippen LogP contribution in [-0.2, 0) is 26.1 Å². The highest BCUT2D eigenvalue weighted by atomic mass is 32.2. The maximum atomic E-state index is 11.2. The van der Waals surface area contributed by atoms with Gasteiger partial charge in [-0.3, -0.25) is 4.90 Å². The first-order valence-electron chi connectivity index (χ1n) is 8.05. The zero-order valence-electron chi connectivity index (χ0n) is 14.5. The lowest BCUT2D eigenvalue weighted by atomic mass is 9.93. The van der Waals surface area contributed by atoms with E-state index in [4.69, 9.17) is 19.1 Å². The first kappa shape index (κ1) is 21.7. The van der Waals surface area contributed by atoms with Crippen molar-refractivity contribution in [3.05, 3.63) is 24.2 Å². The molecular weight excluding hydrogens is 393 g/mol. The van der Waals surface area contributed by atoms with Gasteiger partial charge in [-0.25, -0.2) is 17.9 Å². The van der Waals surface area contributed by atoms with Crippen molar-refractivity contribution in [3.63, 3.8) is 0 Å². The highest BCUT2D eigenvalue weighted by Crippen LogP contribution is 2.34. The fraction of sp³-hybridized carbons (Fsp3) is 0.667. The van der Waals surface area contributed by atoms with Crippen molar-refractivity contribution in [2.45, 2.75) is 18.8 Å². The van der Waals surface area contributed by atoms with Crippen LogP contribution in [0.15, 0.2) is 23.0 Å². The van der Waals surface area contributed by atoms with Gasteiger partial charge in [0.25, 0.3) is 0 Å². The number of fused-ring (bicyclic) bond motifs is 1. The molecule has 1 aromatic heterocycles. The average molecular weight is 414 g/mol. The fourth-order valence-electron chi connectivity index (χ4n) is 3.12. The zero-order valence-corrected chi connectivity index (χ0v) is 15.3. The molecule has 0 aliphatic carbocycles. The van der Waals surface area contributed by atoms with Crippen molar-refractivity contribution >= 4 is 16.0 Å². The van der Waals surface area contributed by atoms with E-state index in [1.165, 1.54) is 6.26 Å². The Bertz CT molecular complexity index is 722. The lowest BCUT2D eigenvalue weighted by Gasteiger charge is -2.19. The first-order valence-corrected chi connectivity index (χ1v) is 9.94. The second-order valence-electron chi connectivity index (χ2n) is 6.54. The van der Waals surface area contributed by atoms with Gasteiger partial charge in [-0.05, 0) is 6.07 Å². The van der Waals surface area contributed by atoms with Crippen molar-refractivity contribution in [2.24, 2.45) is 11.8 Å². The first-order chi connectivity index (χ1) is 12.5. The Morgan fingerprint density at radius 1 is 1.41 bits per heavy atom. The van der Waals surface area contributed by atoms with E-state index in [-0.39, 0.29) is 12.0 Å². The molecule has 27 heavy (non-hydrogen) atoms. The van der Waals surface area contributed by atoms with E-state index in [9.17, 15) is 21.6 Å². The summed E-state index contributed by atoms with van der Waals surface area (Å²) in [4.78, 5) is 11.2. The number of hydrogen-bond acceptors (Lipinski definition) is 6. The molecule has 1 aromatic rings. The molecule has 0 radical (unpaired) electrons. The summed E-state index contributed by atoms with van der Waals surface area (Å²) in [7, 11) is -3.13. The second-order valence-corrected chi connectivity index (χ2v) is 8.38. The molecule has 3 rings (SSSR count). The molecule has 154 valence electrons. The molecule has 2 aliphatic rings. The minimum Gasteiger partial charge on any atom is -0.475 e. The van der Waals surface area contributed by atoms with Crippen LogP contribution in [0, 0.1) is 11.8 Å². The van der Waals surface area contributed by atoms with Gasteiger partial charge in [0.15, 0.2) is 0 Å². The quantitative estimate of drug-likeness (QED) is 0.737. The average Bonchev–Trinajstić information content (AvgIpc) is 3.22. The molecule has 2 fully saturated rings. The van der Waals surface area contributed by atoms with Gasteiger partial charge >= 0.3 is 12.1 Å². The number of halogens is 3. The predicted octanol–water partition coefficient (Wildman–Crippen LogP) is 0.909. The van der Waals surface area contributed by atoms with Crippen LogP contribution < -0.4 is 4.72 Å². The molecule has 3 atom stereocenters. The molecule has 2 saturated heterocycles. The molecule has 0 aromatic carbocycles. The molecule has 2 N–H and O–H groups in total. The maximum absolute atomic E-state index is 11.2. The molecule has 0 amide bonds. The molecule has 2 aliphatic heterocycles. The summed E-state index contributed by atoms with van der Waals surface area (Å²) in [5.74, 6) is -2.08. The fourth-order valence-corrected chi connectivity index (χ4v) is 3.64. The number of likely N-dealkylation sites (tertiary alicyclic amines) is 1. The SMILES string of the molecule is CS(=O)(=O)NC[C@@H]1CO[C@@H]2CN(Cc3ccoc3)C[C@H]12.O=C(O)C(F)(F)F. The Labute approximate surface area is 154 Å². The number of nitrogens with zero attached hydrogens (tertiary/aromatic N) is 1. The molecule has 0 unspecified atom stereocenters. The molecule has 3 heterocycles. The number of carboxylic acid groups (broad SMARTS) is 1. The minimum absolute atomic E-state index is 0.230. The monoisotopic (exact) mass is 414 g/mol. The number of ether oxygens (including phenoxy) is 1. The highest BCUT2D eigenvalue weighted by Gasteiger charge is 2.43. The topological polar surface area (TPSA) is 109 Å². The third-order valence-corrected chi connectivity index (χ3v) is 5.04. The van der Waals surface area contributed by atoms with Crippen LogP contribution in [0.2, 0.25) is 0 Å². The summed E-state index contributed by atoms with van der Waals surface area (Å²) in [6.07, 6.45) is -0.215. The number of carboxylic acids is 1. The van der Waals surface area contributed by atoms with Gasteiger partial charge in [0, 0.05) is 43.6 Å². The third kappa shape index (κ3) is 6.79. The summed E-state index contributed by atoms with van der Waals surface area (Å²) < 4.78 is 67.6. The van der Waals surface area contributed by atoms with Gasteiger partial charge in [-0.2, -0.15) is 13.2 Å². The number of aliphatic carboxylic acids is 1. The summed E-state index contributed by atoms with van der Waals surface area (Å²) in [6.45, 7) is 3.84. The predicted molar refractivity (Wildman–Crippen MR) is 87.2 cm³/mol. The number of carbonyl (C=O) groups is 1. The van der Waals surface area contributed by atoms with Crippen LogP contribution in [0.25, 0.3) is 0 Å². The Morgan fingerprint density at radius 3 is 2.59 bits per heavy atom. The number of furan rings is 1. The number of nitrogens with one attached hydrogen (secondary N) is 1. The summed E-state index contributed by atoms with van der Waals surface area (Å²) in [6, 6.07) is 1.97. The standard InChI is InChI=1S/C13H20N2O4S.C2HF3O2/c1-20(16,17)14-4-11-9-19-13-7-15(6-12(11)13)5-10-2-3-18-8-10;3-2(4,5)1(6)7/h2-3,8,11-14H,4-7,9H2,1H3;(H,6,7)/t11-,12-,13-;/m1./s1. The van der Waals surface area contributed by atoms with Crippen LogP contribution in [0.4, 0.5) is 13.2 Å². The Morgan fingerprint density at radius 2 is 2.07 bits per heavy atom. The van der Waals surface area contributed by atoms with Gasteiger partial charge in [0.2, 0.25) is 10.0 Å². The normalized spacial score (nSPS) is 25.7. The summed E-state index contributed by atoms with van der Waals surface area (Å²) in [5.41, 5.74) is 1.16. The van der Waals surface area contributed by atoms with E-state index in [0.29, 0.717) is 19.1 Å². The van der Waals surface area contributed by atoms with Crippen molar-refractivity contribution < 1.29 is 40.6 Å². The minimum atomic E-state index is -5.08. The number of alkyl halides is 3.